The molecule has 25 heavy (non-hydrogen) atoms. The van der Waals surface area contributed by atoms with Crippen LogP contribution in [0.3, 0.4) is 0 Å². The average molecular weight is 344 g/mol. The Hall–Kier alpha value is -2.76. The molecule has 0 aliphatic carbocycles. The predicted molar refractivity (Wildman–Crippen MR) is 92.2 cm³/mol. The summed E-state index contributed by atoms with van der Waals surface area (Å²) < 4.78 is 24.8. The number of hydrogen-bond donors (Lipinski definition) is 1. The number of amides is 2. The monoisotopic (exact) mass is 344 g/mol. The van der Waals surface area contributed by atoms with Crippen molar-refractivity contribution in [1.82, 2.24) is 10.2 Å². The highest BCUT2D eigenvalue weighted by atomic mass is 19.1. The first-order chi connectivity index (χ1) is 12.2. The third-order valence-electron chi connectivity index (χ3n) is 3.99. The number of benzene rings is 2. The van der Waals surface area contributed by atoms with Crippen molar-refractivity contribution >= 4 is 6.03 Å². The molecule has 0 spiro atoms. The molecule has 132 valence electrons. The maximum Gasteiger partial charge on any atom is 0.317 e. The largest absolute Gasteiger partial charge is 0.486 e. The zero-order valence-electron chi connectivity index (χ0n) is 14.1. The lowest BCUT2D eigenvalue weighted by Gasteiger charge is -2.31. The molecule has 0 aromatic heterocycles. The standard InChI is InChI=1S/C19H21FN2O3/c1-2-22(19(23)21-11-14-6-5-7-15(20)10-14)12-16-13-24-17-8-3-4-9-18(17)25-16/h3-10,16H,2,11-13H2,1H3,(H,21,23)/t16-/m1/s1. The number of nitrogens with one attached hydrogen (secondary N) is 1. The first-order valence-corrected chi connectivity index (χ1v) is 8.31. The quantitative estimate of drug-likeness (QED) is 0.906. The Morgan fingerprint density at radius 1 is 1.24 bits per heavy atom. The van der Waals surface area contributed by atoms with Crippen LogP contribution in [0.15, 0.2) is 48.5 Å². The second-order valence-electron chi connectivity index (χ2n) is 5.82. The van der Waals surface area contributed by atoms with E-state index in [1.165, 1.54) is 12.1 Å². The lowest BCUT2D eigenvalue weighted by atomic mass is 10.2. The van der Waals surface area contributed by atoms with E-state index >= 15 is 0 Å². The van der Waals surface area contributed by atoms with Crippen molar-refractivity contribution < 1.29 is 18.7 Å². The van der Waals surface area contributed by atoms with Crippen molar-refractivity contribution in [3.05, 3.63) is 59.9 Å². The number of ether oxygens (including phenoxy) is 2. The zero-order valence-corrected chi connectivity index (χ0v) is 14.1. The summed E-state index contributed by atoms with van der Waals surface area (Å²) in [5, 5.41) is 2.81. The molecule has 1 heterocycles. The van der Waals surface area contributed by atoms with Gasteiger partial charge in [-0.3, -0.25) is 0 Å². The molecule has 0 fully saturated rings. The lowest BCUT2D eigenvalue weighted by Crippen LogP contribution is -2.47. The minimum atomic E-state index is -0.314. The third-order valence-corrected chi connectivity index (χ3v) is 3.99. The van der Waals surface area contributed by atoms with Crippen LogP contribution in [0.4, 0.5) is 9.18 Å². The van der Waals surface area contributed by atoms with Gasteiger partial charge in [-0.2, -0.15) is 0 Å². The van der Waals surface area contributed by atoms with Gasteiger partial charge in [0.25, 0.3) is 0 Å². The minimum Gasteiger partial charge on any atom is -0.486 e. The lowest BCUT2D eigenvalue weighted by molar-refractivity contribution is 0.0675. The molecule has 0 unspecified atom stereocenters. The predicted octanol–water partition coefficient (Wildman–Crippen LogP) is 3.20. The summed E-state index contributed by atoms with van der Waals surface area (Å²) in [6.07, 6.45) is -0.227. The van der Waals surface area contributed by atoms with E-state index < -0.39 is 0 Å². The summed E-state index contributed by atoms with van der Waals surface area (Å²) in [5.41, 5.74) is 0.718. The van der Waals surface area contributed by atoms with Gasteiger partial charge in [-0.25, -0.2) is 9.18 Å². The molecule has 0 radical (unpaired) electrons. The van der Waals surface area contributed by atoms with Gasteiger partial charge < -0.3 is 19.7 Å². The Morgan fingerprint density at radius 2 is 2.04 bits per heavy atom. The highest BCUT2D eigenvalue weighted by Gasteiger charge is 2.24. The minimum absolute atomic E-state index is 0.214. The molecule has 6 heteroatoms. The van der Waals surface area contributed by atoms with Crippen LogP contribution >= 0.6 is 0 Å². The number of likely N-dealkylation sites (N-methyl/N-ethyl adjacent to an activating group) is 1. The molecular weight excluding hydrogens is 323 g/mol. The van der Waals surface area contributed by atoms with Gasteiger partial charge in [-0.05, 0) is 36.8 Å². The summed E-state index contributed by atoms with van der Waals surface area (Å²) >= 11 is 0. The molecule has 1 aliphatic rings. The maximum atomic E-state index is 13.2. The van der Waals surface area contributed by atoms with E-state index in [0.29, 0.717) is 25.4 Å². The molecule has 0 saturated carbocycles. The summed E-state index contributed by atoms with van der Waals surface area (Å²) in [4.78, 5) is 14.0. The first-order valence-electron chi connectivity index (χ1n) is 8.31. The van der Waals surface area contributed by atoms with Crippen LogP contribution in [-0.4, -0.2) is 36.7 Å². The van der Waals surface area contributed by atoms with Gasteiger partial charge in [0.2, 0.25) is 0 Å². The van der Waals surface area contributed by atoms with E-state index in [-0.39, 0.29) is 24.5 Å². The molecule has 5 nitrogen and oxygen atoms in total. The second kappa shape index (κ2) is 7.88. The molecule has 2 amide bonds. The highest BCUT2D eigenvalue weighted by Crippen LogP contribution is 2.30. The normalized spacial score (nSPS) is 15.5. The summed E-state index contributed by atoms with van der Waals surface area (Å²) in [5.74, 6) is 1.10. The number of carbonyl (C=O) groups excluding carboxylic acids is 1. The van der Waals surface area contributed by atoms with E-state index in [1.54, 1.807) is 17.0 Å². The Bertz CT molecular complexity index is 738. The van der Waals surface area contributed by atoms with E-state index in [0.717, 1.165) is 11.3 Å². The maximum absolute atomic E-state index is 13.2. The van der Waals surface area contributed by atoms with Crippen molar-refractivity contribution in [1.29, 1.82) is 0 Å². The van der Waals surface area contributed by atoms with Gasteiger partial charge in [0.15, 0.2) is 17.6 Å². The average Bonchev–Trinajstić information content (AvgIpc) is 2.64. The number of rotatable bonds is 5. The molecule has 1 N–H and O–H groups in total. The summed E-state index contributed by atoms with van der Waals surface area (Å²) in [6.45, 7) is 3.53. The molecule has 0 bridgehead atoms. The van der Waals surface area contributed by atoms with Crippen molar-refractivity contribution in [3.8, 4) is 11.5 Å². The van der Waals surface area contributed by atoms with E-state index in [9.17, 15) is 9.18 Å². The Labute approximate surface area is 146 Å². The van der Waals surface area contributed by atoms with Crippen LogP contribution in [0.5, 0.6) is 11.5 Å². The Balaban J connectivity index is 1.54. The number of para-hydroxylation sites is 2. The van der Waals surface area contributed by atoms with Crippen molar-refractivity contribution in [2.75, 3.05) is 19.7 Å². The molecule has 0 saturated heterocycles. The molecular formula is C19H21FN2O3. The number of hydrogen-bond acceptors (Lipinski definition) is 3. The van der Waals surface area contributed by atoms with Gasteiger partial charge in [0.1, 0.15) is 12.4 Å². The highest BCUT2D eigenvalue weighted by molar-refractivity contribution is 5.74. The number of halogens is 1. The van der Waals surface area contributed by atoms with Crippen LogP contribution in [0, 0.1) is 5.82 Å². The van der Waals surface area contributed by atoms with Gasteiger partial charge >= 0.3 is 6.03 Å². The van der Waals surface area contributed by atoms with Crippen molar-refractivity contribution in [3.63, 3.8) is 0 Å². The van der Waals surface area contributed by atoms with Crippen molar-refractivity contribution in [2.45, 2.75) is 19.6 Å². The number of carbonyl (C=O) groups is 1. The van der Waals surface area contributed by atoms with E-state index in [2.05, 4.69) is 5.32 Å². The van der Waals surface area contributed by atoms with Crippen LogP contribution in [0.2, 0.25) is 0 Å². The van der Waals surface area contributed by atoms with Crippen LogP contribution in [0.25, 0.3) is 0 Å². The number of urea groups is 1. The Kier molecular flexibility index (Phi) is 5.38. The van der Waals surface area contributed by atoms with Crippen LogP contribution in [-0.2, 0) is 6.54 Å². The van der Waals surface area contributed by atoms with Gasteiger partial charge in [-0.1, -0.05) is 24.3 Å². The van der Waals surface area contributed by atoms with Gasteiger partial charge in [0.05, 0.1) is 6.54 Å². The van der Waals surface area contributed by atoms with Crippen LogP contribution < -0.4 is 14.8 Å². The van der Waals surface area contributed by atoms with E-state index in [4.69, 9.17) is 9.47 Å². The number of nitrogens with zero attached hydrogens (tertiary/aromatic N) is 1. The summed E-state index contributed by atoms with van der Waals surface area (Å²) in [7, 11) is 0. The van der Waals surface area contributed by atoms with Crippen molar-refractivity contribution in [2.24, 2.45) is 0 Å². The smallest absolute Gasteiger partial charge is 0.317 e. The SMILES string of the molecule is CCN(C[C@@H]1COc2ccccc2O1)C(=O)NCc1cccc(F)c1. The topological polar surface area (TPSA) is 50.8 Å². The third kappa shape index (κ3) is 4.41. The fourth-order valence-corrected chi connectivity index (χ4v) is 2.69. The van der Waals surface area contributed by atoms with Gasteiger partial charge in [-0.15, -0.1) is 0 Å². The summed E-state index contributed by atoms with van der Waals surface area (Å²) in [6, 6.07) is 13.4. The van der Waals surface area contributed by atoms with E-state index in [1.807, 2.05) is 31.2 Å². The Morgan fingerprint density at radius 3 is 2.80 bits per heavy atom. The molecule has 2 aromatic carbocycles. The first kappa shape index (κ1) is 17.1. The fourth-order valence-electron chi connectivity index (χ4n) is 2.69. The molecule has 1 aliphatic heterocycles. The number of fused-ring (bicyclic) bond motifs is 1. The fraction of sp³-hybridized carbons (Fsp3) is 0.316. The zero-order chi connectivity index (χ0) is 17.6. The van der Waals surface area contributed by atoms with Gasteiger partial charge in [0, 0.05) is 13.1 Å². The van der Waals surface area contributed by atoms with Crippen LogP contribution in [0.1, 0.15) is 12.5 Å². The molecule has 3 rings (SSSR count). The second-order valence-corrected chi connectivity index (χ2v) is 5.82. The molecule has 2 aromatic rings. The molecule has 1 atom stereocenters.